The van der Waals surface area contributed by atoms with Gasteiger partial charge in [0.25, 0.3) is 0 Å². The Morgan fingerprint density at radius 1 is 1.14 bits per heavy atom. The Morgan fingerprint density at radius 3 is 2.36 bits per heavy atom. The number of hydrogen-bond donors (Lipinski definition) is 1. The minimum absolute atomic E-state index is 0.147. The SMILES string of the molecule is OCCCc1ccccc1C(Cl)(Cl)Cl. The zero-order valence-electron chi connectivity index (χ0n) is 7.51. The van der Waals surface area contributed by atoms with Gasteiger partial charge in [-0.25, -0.2) is 0 Å². The van der Waals surface area contributed by atoms with Crippen LogP contribution in [0.2, 0.25) is 0 Å². The van der Waals surface area contributed by atoms with E-state index in [2.05, 4.69) is 0 Å². The predicted octanol–water partition coefficient (Wildman–Crippen LogP) is 3.44. The molecule has 0 aliphatic rings. The molecular formula is C10H11Cl3O. The second-order valence-electron chi connectivity index (χ2n) is 2.98. The number of alkyl halides is 3. The van der Waals surface area contributed by atoms with Crippen molar-refractivity contribution in [2.45, 2.75) is 16.6 Å². The van der Waals surface area contributed by atoms with Crippen LogP contribution >= 0.6 is 34.8 Å². The monoisotopic (exact) mass is 252 g/mol. The number of aryl methyl sites for hydroxylation is 1. The van der Waals surface area contributed by atoms with E-state index in [0.29, 0.717) is 12.0 Å². The van der Waals surface area contributed by atoms with Gasteiger partial charge in [-0.3, -0.25) is 0 Å². The molecule has 0 spiro atoms. The normalized spacial score (nSPS) is 11.7. The lowest BCUT2D eigenvalue weighted by Crippen LogP contribution is -2.05. The van der Waals surface area contributed by atoms with Crippen LogP contribution in [0, 0.1) is 0 Å². The fourth-order valence-corrected chi connectivity index (χ4v) is 1.84. The molecule has 14 heavy (non-hydrogen) atoms. The molecule has 0 heterocycles. The fourth-order valence-electron chi connectivity index (χ4n) is 1.28. The lowest BCUT2D eigenvalue weighted by molar-refractivity contribution is 0.288. The topological polar surface area (TPSA) is 20.2 Å². The molecule has 0 amide bonds. The van der Waals surface area contributed by atoms with Gasteiger partial charge in [-0.1, -0.05) is 59.1 Å². The molecule has 1 N–H and O–H groups in total. The number of rotatable bonds is 3. The molecule has 0 bridgehead atoms. The van der Waals surface area contributed by atoms with Gasteiger partial charge in [0.15, 0.2) is 0 Å². The van der Waals surface area contributed by atoms with Crippen molar-refractivity contribution in [2.75, 3.05) is 6.61 Å². The molecule has 0 unspecified atom stereocenters. The summed E-state index contributed by atoms with van der Waals surface area (Å²) in [6.45, 7) is 0.147. The molecule has 78 valence electrons. The van der Waals surface area contributed by atoms with Crippen molar-refractivity contribution in [3.8, 4) is 0 Å². The number of aliphatic hydroxyl groups is 1. The predicted molar refractivity (Wildman–Crippen MR) is 61.1 cm³/mol. The first-order valence-corrected chi connectivity index (χ1v) is 5.45. The summed E-state index contributed by atoms with van der Waals surface area (Å²) in [5, 5.41) is 8.72. The van der Waals surface area contributed by atoms with Crippen LogP contribution in [0.25, 0.3) is 0 Å². The maximum Gasteiger partial charge on any atom is 0.216 e. The van der Waals surface area contributed by atoms with Crippen molar-refractivity contribution in [1.29, 1.82) is 0 Å². The van der Waals surface area contributed by atoms with E-state index in [9.17, 15) is 0 Å². The highest BCUT2D eigenvalue weighted by molar-refractivity contribution is 6.66. The summed E-state index contributed by atoms with van der Waals surface area (Å²) in [5.74, 6) is 0. The van der Waals surface area contributed by atoms with E-state index in [4.69, 9.17) is 39.9 Å². The molecule has 0 aliphatic heterocycles. The van der Waals surface area contributed by atoms with Crippen molar-refractivity contribution in [1.82, 2.24) is 0 Å². The van der Waals surface area contributed by atoms with Crippen molar-refractivity contribution >= 4 is 34.8 Å². The summed E-state index contributed by atoms with van der Waals surface area (Å²) in [6.07, 6.45) is 1.40. The second-order valence-corrected chi connectivity index (χ2v) is 5.26. The summed E-state index contributed by atoms with van der Waals surface area (Å²) in [5.41, 5.74) is 1.67. The Balaban J connectivity index is 2.92. The first kappa shape index (κ1) is 12.1. The number of aliphatic hydroxyl groups excluding tert-OH is 1. The van der Waals surface area contributed by atoms with Crippen LogP contribution in [0.15, 0.2) is 24.3 Å². The summed E-state index contributed by atoms with van der Waals surface area (Å²) < 4.78 is -1.38. The second kappa shape index (κ2) is 5.22. The third-order valence-corrected chi connectivity index (χ3v) is 2.54. The molecule has 0 saturated carbocycles. The van der Waals surface area contributed by atoms with E-state index < -0.39 is 3.79 Å². The fraction of sp³-hybridized carbons (Fsp3) is 0.400. The standard InChI is InChI=1S/C10H11Cl3O/c11-10(12,13)9-6-2-1-4-8(9)5-3-7-14/h1-2,4,6,14H,3,5,7H2. The van der Waals surface area contributed by atoms with Gasteiger partial charge in [0.05, 0.1) is 0 Å². The van der Waals surface area contributed by atoms with Gasteiger partial charge in [-0.05, 0) is 18.4 Å². The molecule has 1 nitrogen and oxygen atoms in total. The van der Waals surface area contributed by atoms with Crippen LogP contribution in [-0.4, -0.2) is 11.7 Å². The highest BCUT2D eigenvalue weighted by Gasteiger charge is 2.25. The minimum atomic E-state index is -1.38. The summed E-state index contributed by atoms with van der Waals surface area (Å²) in [7, 11) is 0. The van der Waals surface area contributed by atoms with Crippen LogP contribution in [0.3, 0.4) is 0 Å². The molecule has 0 aromatic heterocycles. The highest BCUT2D eigenvalue weighted by atomic mass is 35.6. The van der Waals surface area contributed by atoms with Gasteiger partial charge in [0, 0.05) is 12.2 Å². The van der Waals surface area contributed by atoms with E-state index in [0.717, 1.165) is 12.0 Å². The van der Waals surface area contributed by atoms with Crippen molar-refractivity contribution in [2.24, 2.45) is 0 Å². The zero-order chi connectivity index (χ0) is 10.6. The third kappa shape index (κ3) is 3.32. The van der Waals surface area contributed by atoms with E-state index in [1.165, 1.54) is 0 Å². The summed E-state index contributed by atoms with van der Waals surface area (Å²) in [6, 6.07) is 7.43. The van der Waals surface area contributed by atoms with E-state index in [-0.39, 0.29) is 6.61 Å². The van der Waals surface area contributed by atoms with E-state index in [1.807, 2.05) is 18.2 Å². The Morgan fingerprint density at radius 2 is 1.79 bits per heavy atom. The van der Waals surface area contributed by atoms with Gasteiger partial charge < -0.3 is 5.11 Å². The van der Waals surface area contributed by atoms with Crippen molar-refractivity contribution in [3.05, 3.63) is 35.4 Å². The van der Waals surface area contributed by atoms with Crippen molar-refractivity contribution < 1.29 is 5.11 Å². The molecule has 0 radical (unpaired) electrons. The van der Waals surface area contributed by atoms with Crippen LogP contribution in [0.5, 0.6) is 0 Å². The maximum absolute atomic E-state index is 8.72. The van der Waals surface area contributed by atoms with Crippen LogP contribution in [0.4, 0.5) is 0 Å². The largest absolute Gasteiger partial charge is 0.396 e. The minimum Gasteiger partial charge on any atom is -0.396 e. The van der Waals surface area contributed by atoms with Crippen LogP contribution < -0.4 is 0 Å². The summed E-state index contributed by atoms with van der Waals surface area (Å²) >= 11 is 17.4. The molecule has 0 aliphatic carbocycles. The van der Waals surface area contributed by atoms with E-state index >= 15 is 0 Å². The molecule has 1 aromatic rings. The Labute approximate surface area is 98.6 Å². The van der Waals surface area contributed by atoms with Gasteiger partial charge in [0.1, 0.15) is 0 Å². The Hall–Kier alpha value is 0.0500. The Kier molecular flexibility index (Phi) is 4.52. The van der Waals surface area contributed by atoms with Crippen LogP contribution in [0.1, 0.15) is 17.5 Å². The smallest absolute Gasteiger partial charge is 0.216 e. The average molecular weight is 254 g/mol. The first-order chi connectivity index (χ1) is 6.55. The molecular weight excluding hydrogens is 242 g/mol. The maximum atomic E-state index is 8.72. The molecule has 1 rings (SSSR count). The summed E-state index contributed by atoms with van der Waals surface area (Å²) in [4.78, 5) is 0. The molecule has 0 saturated heterocycles. The molecule has 0 fully saturated rings. The lowest BCUT2D eigenvalue weighted by Gasteiger charge is -2.15. The quantitative estimate of drug-likeness (QED) is 0.818. The van der Waals surface area contributed by atoms with Gasteiger partial charge >= 0.3 is 0 Å². The number of halogens is 3. The Bertz CT molecular complexity index is 294. The third-order valence-electron chi connectivity index (χ3n) is 1.93. The van der Waals surface area contributed by atoms with Gasteiger partial charge in [-0.15, -0.1) is 0 Å². The first-order valence-electron chi connectivity index (χ1n) is 4.31. The van der Waals surface area contributed by atoms with E-state index in [1.54, 1.807) is 6.07 Å². The average Bonchev–Trinajstić information content (AvgIpc) is 2.14. The van der Waals surface area contributed by atoms with Crippen molar-refractivity contribution in [3.63, 3.8) is 0 Å². The molecule has 4 heteroatoms. The lowest BCUT2D eigenvalue weighted by atomic mass is 10.0. The zero-order valence-corrected chi connectivity index (χ0v) is 9.78. The molecule has 0 atom stereocenters. The molecule has 1 aromatic carbocycles. The number of hydrogen-bond acceptors (Lipinski definition) is 1. The highest BCUT2D eigenvalue weighted by Crippen LogP contribution is 2.40. The van der Waals surface area contributed by atoms with Gasteiger partial charge in [0.2, 0.25) is 3.79 Å². The van der Waals surface area contributed by atoms with Crippen LogP contribution in [-0.2, 0) is 10.2 Å². The van der Waals surface area contributed by atoms with Gasteiger partial charge in [-0.2, -0.15) is 0 Å². The number of benzene rings is 1.